The number of aryl methyl sites for hydroxylation is 1. The number of alkyl halides is 3. The summed E-state index contributed by atoms with van der Waals surface area (Å²) in [5.41, 5.74) is -1.73. The van der Waals surface area contributed by atoms with Crippen LogP contribution in [0.15, 0.2) is 36.4 Å². The Kier molecular flexibility index (Phi) is 8.04. The standard InChI is InChI=1S/C23H23Cl2F3N2O2S/c1-13-5-14(3-4-19(13)21(32)30-18-10-33-11-18)20(31)9-22(12-29-2,23(26,27)28)15-6-16(24)8-17(25)7-15/h3-8,18,29H,9-12H2,1-2H3,(H,30,32). The molecule has 0 saturated carbocycles. The van der Waals surface area contributed by atoms with E-state index in [1.807, 2.05) is 0 Å². The number of likely N-dealkylation sites (N-methyl/N-ethyl adjacent to an activating group) is 1. The Morgan fingerprint density at radius 1 is 1.09 bits per heavy atom. The minimum absolute atomic E-state index is 0.0470. The molecule has 4 nitrogen and oxygen atoms in total. The quantitative estimate of drug-likeness (QED) is 0.457. The van der Waals surface area contributed by atoms with E-state index in [9.17, 15) is 22.8 Å². The average molecular weight is 519 g/mol. The zero-order valence-electron chi connectivity index (χ0n) is 18.0. The third kappa shape index (κ3) is 5.67. The van der Waals surface area contributed by atoms with Crippen LogP contribution in [-0.2, 0) is 5.41 Å². The first-order valence-electron chi connectivity index (χ1n) is 10.2. The van der Waals surface area contributed by atoms with E-state index in [0.717, 1.165) is 11.5 Å². The molecule has 1 fully saturated rings. The molecule has 1 amide bonds. The van der Waals surface area contributed by atoms with Gasteiger partial charge < -0.3 is 10.6 Å². The third-order valence-corrected chi connectivity index (χ3v) is 7.38. The Morgan fingerprint density at radius 3 is 2.21 bits per heavy atom. The third-order valence-electron chi connectivity index (χ3n) is 5.66. The molecule has 2 aromatic rings. The van der Waals surface area contributed by atoms with Gasteiger partial charge in [-0.3, -0.25) is 9.59 Å². The molecule has 1 saturated heterocycles. The van der Waals surface area contributed by atoms with E-state index < -0.39 is 30.3 Å². The number of Topliss-reactive ketones (excluding diaryl/α,β-unsaturated/α-hetero) is 1. The number of nitrogens with one attached hydrogen (secondary N) is 2. The summed E-state index contributed by atoms with van der Waals surface area (Å²) in [6.07, 6.45) is -5.62. The maximum absolute atomic E-state index is 14.5. The van der Waals surface area contributed by atoms with Gasteiger partial charge in [-0.1, -0.05) is 29.3 Å². The molecular formula is C23H23Cl2F3N2O2S. The number of rotatable bonds is 8. The Balaban J connectivity index is 1.93. The molecule has 1 heterocycles. The van der Waals surface area contributed by atoms with Crippen LogP contribution in [0.3, 0.4) is 0 Å². The van der Waals surface area contributed by atoms with Gasteiger partial charge in [0.15, 0.2) is 5.78 Å². The number of carbonyl (C=O) groups excluding carboxylic acids is 2. The molecule has 1 aliphatic rings. The highest BCUT2D eigenvalue weighted by Gasteiger charge is 2.56. The highest BCUT2D eigenvalue weighted by Crippen LogP contribution is 2.45. The van der Waals surface area contributed by atoms with E-state index >= 15 is 0 Å². The SMILES string of the molecule is CNCC(CC(=O)c1ccc(C(=O)NC2CSC2)c(C)c1)(c1cc(Cl)cc(Cl)c1)C(F)(F)F. The van der Waals surface area contributed by atoms with Crippen LogP contribution < -0.4 is 10.6 Å². The van der Waals surface area contributed by atoms with Gasteiger partial charge in [0.05, 0.1) is 0 Å². The predicted molar refractivity (Wildman–Crippen MR) is 127 cm³/mol. The molecule has 1 aliphatic heterocycles. The minimum atomic E-state index is -4.77. The highest BCUT2D eigenvalue weighted by atomic mass is 35.5. The molecule has 178 valence electrons. The molecule has 0 aromatic heterocycles. The van der Waals surface area contributed by atoms with E-state index in [-0.39, 0.29) is 33.1 Å². The molecule has 1 unspecified atom stereocenters. The summed E-state index contributed by atoms with van der Waals surface area (Å²) in [5.74, 6) is 0.731. The van der Waals surface area contributed by atoms with E-state index in [0.29, 0.717) is 11.1 Å². The number of ketones is 1. The smallest absolute Gasteiger partial charge is 0.348 e. The molecule has 0 bridgehead atoms. The molecule has 10 heteroatoms. The lowest BCUT2D eigenvalue weighted by Crippen LogP contribution is -2.50. The topological polar surface area (TPSA) is 58.2 Å². The first-order valence-corrected chi connectivity index (χ1v) is 12.1. The van der Waals surface area contributed by atoms with Crippen LogP contribution in [0.25, 0.3) is 0 Å². The fourth-order valence-electron chi connectivity index (χ4n) is 3.81. The number of halogens is 5. The lowest BCUT2D eigenvalue weighted by molar-refractivity contribution is -0.188. The van der Waals surface area contributed by atoms with Gasteiger partial charge in [0, 0.05) is 51.7 Å². The van der Waals surface area contributed by atoms with Crippen LogP contribution in [-0.4, -0.2) is 49.0 Å². The van der Waals surface area contributed by atoms with Crippen molar-refractivity contribution in [3.05, 3.63) is 68.7 Å². The summed E-state index contributed by atoms with van der Waals surface area (Å²) in [4.78, 5) is 25.6. The summed E-state index contributed by atoms with van der Waals surface area (Å²) in [7, 11) is 1.38. The lowest BCUT2D eigenvalue weighted by Gasteiger charge is -2.36. The van der Waals surface area contributed by atoms with Gasteiger partial charge >= 0.3 is 6.18 Å². The van der Waals surface area contributed by atoms with E-state index in [2.05, 4.69) is 10.6 Å². The molecule has 0 spiro atoms. The fraction of sp³-hybridized carbons (Fsp3) is 0.391. The molecular weight excluding hydrogens is 496 g/mol. The van der Waals surface area contributed by atoms with Crippen molar-refractivity contribution in [1.82, 2.24) is 10.6 Å². The van der Waals surface area contributed by atoms with E-state index in [1.165, 1.54) is 43.4 Å². The summed E-state index contributed by atoms with van der Waals surface area (Å²) in [5, 5.41) is 5.56. The van der Waals surface area contributed by atoms with Gasteiger partial charge in [0.2, 0.25) is 0 Å². The highest BCUT2D eigenvalue weighted by molar-refractivity contribution is 8.00. The van der Waals surface area contributed by atoms with Crippen molar-refractivity contribution in [2.75, 3.05) is 25.1 Å². The number of hydrogen-bond donors (Lipinski definition) is 2. The summed E-state index contributed by atoms with van der Waals surface area (Å²) < 4.78 is 43.4. The van der Waals surface area contributed by atoms with Crippen LogP contribution in [0.1, 0.15) is 38.3 Å². The van der Waals surface area contributed by atoms with Gasteiger partial charge in [0.1, 0.15) is 5.41 Å². The van der Waals surface area contributed by atoms with Crippen molar-refractivity contribution < 1.29 is 22.8 Å². The van der Waals surface area contributed by atoms with Crippen LogP contribution in [0.4, 0.5) is 13.2 Å². The maximum Gasteiger partial charge on any atom is 0.400 e. The number of amides is 1. The van der Waals surface area contributed by atoms with Crippen molar-refractivity contribution in [3.63, 3.8) is 0 Å². The summed E-state index contributed by atoms with van der Waals surface area (Å²) >= 11 is 13.7. The Bertz CT molecular complexity index is 1040. The zero-order chi connectivity index (χ0) is 24.4. The number of hydrogen-bond acceptors (Lipinski definition) is 4. The van der Waals surface area contributed by atoms with Crippen molar-refractivity contribution in [2.45, 2.75) is 31.0 Å². The molecule has 0 radical (unpaired) electrons. The second-order valence-corrected chi connectivity index (χ2v) is 10.1. The summed E-state index contributed by atoms with van der Waals surface area (Å²) in [6.45, 7) is 1.11. The minimum Gasteiger partial charge on any atom is -0.348 e. The number of benzene rings is 2. The molecule has 3 rings (SSSR count). The molecule has 1 atom stereocenters. The first kappa shape index (κ1) is 25.9. The average Bonchev–Trinajstić information content (AvgIpc) is 2.68. The van der Waals surface area contributed by atoms with Crippen LogP contribution in [0.5, 0.6) is 0 Å². The van der Waals surface area contributed by atoms with E-state index in [1.54, 1.807) is 18.7 Å². The van der Waals surface area contributed by atoms with Crippen LogP contribution in [0, 0.1) is 6.92 Å². The van der Waals surface area contributed by atoms with Crippen molar-refractivity contribution >= 4 is 46.7 Å². The normalized spacial score (nSPS) is 16.1. The monoisotopic (exact) mass is 518 g/mol. The Labute approximate surface area is 204 Å². The second-order valence-electron chi connectivity index (χ2n) is 8.11. The summed E-state index contributed by atoms with van der Waals surface area (Å²) in [6, 6.07) is 8.15. The molecule has 0 aliphatic carbocycles. The first-order chi connectivity index (χ1) is 15.5. The molecule has 2 aromatic carbocycles. The van der Waals surface area contributed by atoms with E-state index in [4.69, 9.17) is 23.2 Å². The van der Waals surface area contributed by atoms with Crippen LogP contribution in [0.2, 0.25) is 10.0 Å². The van der Waals surface area contributed by atoms with Gasteiger partial charge in [0.25, 0.3) is 5.91 Å². The van der Waals surface area contributed by atoms with Crippen LogP contribution >= 0.6 is 35.0 Å². The van der Waals surface area contributed by atoms with Crippen molar-refractivity contribution in [1.29, 1.82) is 0 Å². The Hall–Kier alpha value is -1.74. The fourth-order valence-corrected chi connectivity index (χ4v) is 4.98. The second kappa shape index (κ2) is 10.3. The van der Waals surface area contributed by atoms with Gasteiger partial charge in [-0.25, -0.2) is 0 Å². The molecule has 2 N–H and O–H groups in total. The van der Waals surface area contributed by atoms with Gasteiger partial charge in [-0.2, -0.15) is 24.9 Å². The lowest BCUT2D eigenvalue weighted by atomic mass is 9.74. The maximum atomic E-state index is 14.5. The Morgan fingerprint density at radius 2 is 1.73 bits per heavy atom. The van der Waals surface area contributed by atoms with Crippen molar-refractivity contribution in [2.24, 2.45) is 0 Å². The largest absolute Gasteiger partial charge is 0.400 e. The zero-order valence-corrected chi connectivity index (χ0v) is 20.3. The van der Waals surface area contributed by atoms with Gasteiger partial charge in [-0.05, 0) is 55.4 Å². The predicted octanol–water partition coefficient (Wildman–Crippen LogP) is 5.44. The molecule has 33 heavy (non-hydrogen) atoms. The number of carbonyl (C=O) groups is 2. The van der Waals surface area contributed by atoms with Crippen molar-refractivity contribution in [3.8, 4) is 0 Å². The number of thioether (sulfide) groups is 1. The van der Waals surface area contributed by atoms with Gasteiger partial charge in [-0.15, -0.1) is 0 Å².